The van der Waals surface area contributed by atoms with Gasteiger partial charge in [-0.15, -0.1) is 5.92 Å². The first-order chi connectivity index (χ1) is 6.74. The first-order valence-corrected chi connectivity index (χ1v) is 4.66. The third kappa shape index (κ3) is 3.37. The highest BCUT2D eigenvalue weighted by Crippen LogP contribution is 2.14. The van der Waals surface area contributed by atoms with Crippen LogP contribution in [0.3, 0.4) is 0 Å². The van der Waals surface area contributed by atoms with Crippen LogP contribution >= 0.6 is 11.6 Å². The summed E-state index contributed by atoms with van der Waals surface area (Å²) in [7, 11) is 0. The SMILES string of the molecule is CC#CCNCc1cc(Cl)ccc1F. The lowest BCUT2D eigenvalue weighted by Gasteiger charge is -2.03. The summed E-state index contributed by atoms with van der Waals surface area (Å²) in [6.07, 6.45) is 0. The normalized spacial score (nSPS) is 9.36. The minimum atomic E-state index is -0.244. The minimum absolute atomic E-state index is 0.244. The summed E-state index contributed by atoms with van der Waals surface area (Å²) < 4.78 is 13.1. The van der Waals surface area contributed by atoms with Gasteiger partial charge < -0.3 is 5.32 Å². The van der Waals surface area contributed by atoms with E-state index in [0.29, 0.717) is 23.7 Å². The molecule has 0 saturated carbocycles. The van der Waals surface area contributed by atoms with Gasteiger partial charge in [-0.2, -0.15) is 0 Å². The fraction of sp³-hybridized carbons (Fsp3) is 0.273. The van der Waals surface area contributed by atoms with Crippen molar-refractivity contribution in [3.63, 3.8) is 0 Å². The number of benzene rings is 1. The topological polar surface area (TPSA) is 12.0 Å². The van der Waals surface area contributed by atoms with Gasteiger partial charge in [0, 0.05) is 17.1 Å². The smallest absolute Gasteiger partial charge is 0.127 e. The second kappa shape index (κ2) is 5.64. The Kier molecular flexibility index (Phi) is 4.45. The zero-order valence-corrected chi connectivity index (χ0v) is 8.66. The molecule has 1 rings (SSSR count). The second-order valence-electron chi connectivity index (χ2n) is 2.77. The lowest BCUT2D eigenvalue weighted by Crippen LogP contribution is -2.14. The second-order valence-corrected chi connectivity index (χ2v) is 3.20. The van der Waals surface area contributed by atoms with Gasteiger partial charge in [0.1, 0.15) is 5.82 Å². The van der Waals surface area contributed by atoms with E-state index in [-0.39, 0.29) is 5.82 Å². The molecule has 0 saturated heterocycles. The first kappa shape index (κ1) is 11.0. The maximum atomic E-state index is 13.1. The van der Waals surface area contributed by atoms with E-state index in [9.17, 15) is 4.39 Å². The highest BCUT2D eigenvalue weighted by atomic mass is 35.5. The quantitative estimate of drug-likeness (QED) is 0.599. The van der Waals surface area contributed by atoms with Gasteiger partial charge in [-0.3, -0.25) is 0 Å². The predicted molar refractivity (Wildman–Crippen MR) is 56.6 cm³/mol. The molecule has 0 radical (unpaired) electrons. The van der Waals surface area contributed by atoms with Crippen LogP contribution in [0.2, 0.25) is 5.02 Å². The Morgan fingerprint density at radius 3 is 3.00 bits per heavy atom. The molecule has 0 aliphatic rings. The van der Waals surface area contributed by atoms with Gasteiger partial charge in [0.25, 0.3) is 0 Å². The van der Waals surface area contributed by atoms with E-state index in [1.54, 1.807) is 13.0 Å². The molecule has 0 aliphatic heterocycles. The van der Waals surface area contributed by atoms with Crippen LogP contribution in [0, 0.1) is 17.7 Å². The number of halogens is 2. The molecule has 0 bridgehead atoms. The van der Waals surface area contributed by atoms with Crippen LogP contribution in [0.25, 0.3) is 0 Å². The molecule has 14 heavy (non-hydrogen) atoms. The van der Waals surface area contributed by atoms with Gasteiger partial charge in [-0.05, 0) is 25.1 Å². The maximum absolute atomic E-state index is 13.1. The number of hydrogen-bond acceptors (Lipinski definition) is 1. The zero-order chi connectivity index (χ0) is 10.4. The molecule has 1 aromatic rings. The summed E-state index contributed by atoms with van der Waals surface area (Å²) in [5, 5.41) is 3.54. The van der Waals surface area contributed by atoms with Crippen molar-refractivity contribution in [1.29, 1.82) is 0 Å². The van der Waals surface area contributed by atoms with Crippen LogP contribution in [-0.4, -0.2) is 6.54 Å². The lowest BCUT2D eigenvalue weighted by molar-refractivity contribution is 0.597. The summed E-state index contributed by atoms with van der Waals surface area (Å²) in [5.74, 6) is 5.34. The summed E-state index contributed by atoms with van der Waals surface area (Å²) >= 11 is 5.73. The molecule has 0 fully saturated rings. The summed E-state index contributed by atoms with van der Waals surface area (Å²) in [6.45, 7) is 2.77. The lowest BCUT2D eigenvalue weighted by atomic mass is 10.2. The Balaban J connectivity index is 2.56. The average molecular weight is 212 g/mol. The van der Waals surface area contributed by atoms with E-state index in [0.717, 1.165) is 0 Å². The van der Waals surface area contributed by atoms with Gasteiger partial charge in [0.15, 0.2) is 0 Å². The Bertz CT molecular complexity index is 365. The van der Waals surface area contributed by atoms with Crippen molar-refractivity contribution in [3.8, 4) is 11.8 Å². The van der Waals surface area contributed by atoms with E-state index in [2.05, 4.69) is 17.2 Å². The molecule has 0 amide bonds. The molecule has 0 heterocycles. The molecule has 0 spiro atoms. The van der Waals surface area contributed by atoms with Gasteiger partial charge in [0.05, 0.1) is 6.54 Å². The molecule has 1 aromatic carbocycles. The van der Waals surface area contributed by atoms with E-state index >= 15 is 0 Å². The molecule has 0 atom stereocenters. The van der Waals surface area contributed by atoms with Gasteiger partial charge in [0.2, 0.25) is 0 Å². The van der Waals surface area contributed by atoms with Crippen LogP contribution in [0.15, 0.2) is 18.2 Å². The summed E-state index contributed by atoms with van der Waals surface area (Å²) in [6, 6.07) is 4.51. The van der Waals surface area contributed by atoms with Crippen molar-refractivity contribution in [3.05, 3.63) is 34.6 Å². The highest BCUT2D eigenvalue weighted by Gasteiger charge is 2.01. The fourth-order valence-corrected chi connectivity index (χ4v) is 1.22. The molecule has 1 N–H and O–H groups in total. The molecule has 0 aromatic heterocycles. The van der Waals surface area contributed by atoms with E-state index in [1.807, 2.05) is 0 Å². The largest absolute Gasteiger partial charge is 0.302 e. The van der Waals surface area contributed by atoms with Crippen LogP contribution in [0.5, 0.6) is 0 Å². The molecule has 0 unspecified atom stereocenters. The van der Waals surface area contributed by atoms with Gasteiger partial charge >= 0.3 is 0 Å². The van der Waals surface area contributed by atoms with Crippen molar-refractivity contribution in [1.82, 2.24) is 5.32 Å². The highest BCUT2D eigenvalue weighted by molar-refractivity contribution is 6.30. The van der Waals surface area contributed by atoms with Gasteiger partial charge in [-0.25, -0.2) is 4.39 Å². The summed E-state index contributed by atoms with van der Waals surface area (Å²) in [5.41, 5.74) is 0.565. The predicted octanol–water partition coefficient (Wildman–Crippen LogP) is 2.59. The zero-order valence-electron chi connectivity index (χ0n) is 7.90. The molecule has 74 valence electrons. The fourth-order valence-electron chi connectivity index (χ4n) is 1.03. The number of hydrogen-bond donors (Lipinski definition) is 1. The Labute approximate surface area is 88.3 Å². The van der Waals surface area contributed by atoms with Crippen molar-refractivity contribution < 1.29 is 4.39 Å². The van der Waals surface area contributed by atoms with Crippen molar-refractivity contribution >= 4 is 11.6 Å². The number of nitrogens with one attached hydrogen (secondary N) is 1. The monoisotopic (exact) mass is 211 g/mol. The Hall–Kier alpha value is -1.04. The molecular weight excluding hydrogens is 201 g/mol. The molecule has 1 nitrogen and oxygen atoms in total. The van der Waals surface area contributed by atoms with Crippen LogP contribution in [0.1, 0.15) is 12.5 Å². The van der Waals surface area contributed by atoms with Crippen molar-refractivity contribution in [2.45, 2.75) is 13.5 Å². The molecule has 0 aliphatic carbocycles. The van der Waals surface area contributed by atoms with Crippen LogP contribution in [0.4, 0.5) is 4.39 Å². The number of rotatable bonds is 3. The average Bonchev–Trinajstić information content (AvgIpc) is 2.18. The Morgan fingerprint density at radius 1 is 1.50 bits per heavy atom. The van der Waals surface area contributed by atoms with Crippen molar-refractivity contribution in [2.24, 2.45) is 0 Å². The third-order valence-corrected chi connectivity index (χ3v) is 1.95. The Morgan fingerprint density at radius 2 is 2.29 bits per heavy atom. The standard InChI is InChI=1S/C11H11ClFN/c1-2-3-6-14-8-9-7-10(12)4-5-11(9)13/h4-5,7,14H,6,8H2,1H3. The van der Waals surface area contributed by atoms with Crippen LogP contribution in [-0.2, 0) is 6.54 Å². The maximum Gasteiger partial charge on any atom is 0.127 e. The van der Waals surface area contributed by atoms with E-state index in [4.69, 9.17) is 11.6 Å². The van der Waals surface area contributed by atoms with E-state index < -0.39 is 0 Å². The molecule has 3 heteroatoms. The summed E-state index contributed by atoms with van der Waals surface area (Å²) in [4.78, 5) is 0. The van der Waals surface area contributed by atoms with Crippen molar-refractivity contribution in [2.75, 3.05) is 6.54 Å². The van der Waals surface area contributed by atoms with E-state index in [1.165, 1.54) is 12.1 Å². The third-order valence-electron chi connectivity index (χ3n) is 1.71. The van der Waals surface area contributed by atoms with Gasteiger partial charge in [-0.1, -0.05) is 17.5 Å². The first-order valence-electron chi connectivity index (χ1n) is 4.28. The minimum Gasteiger partial charge on any atom is -0.302 e. The van der Waals surface area contributed by atoms with Crippen LogP contribution < -0.4 is 5.32 Å². The molecular formula is C11H11ClFN.